The highest BCUT2D eigenvalue weighted by molar-refractivity contribution is 6.30. The van der Waals surface area contributed by atoms with Crippen LogP contribution in [0.4, 0.5) is 10.5 Å². The van der Waals surface area contributed by atoms with Gasteiger partial charge in [0.25, 0.3) is 0 Å². The summed E-state index contributed by atoms with van der Waals surface area (Å²) in [6, 6.07) is 4.36. The molecule has 0 aliphatic heterocycles. The minimum atomic E-state index is -0.897. The number of unbranched alkanes of at least 4 members (excludes halogenated alkanes) is 1. The van der Waals surface area contributed by atoms with Crippen molar-refractivity contribution in [3.63, 3.8) is 0 Å². The molecule has 0 aliphatic rings. The van der Waals surface area contributed by atoms with Crippen LogP contribution in [0.15, 0.2) is 18.2 Å². The number of nitrogens with one attached hydrogen (secondary N) is 2. The van der Waals surface area contributed by atoms with E-state index in [2.05, 4.69) is 10.6 Å². The summed E-state index contributed by atoms with van der Waals surface area (Å²) < 4.78 is 0. The number of amides is 3. The Kier molecular flexibility index (Phi) is 6.68. The molecular formula is C14H17ClN2O4. The summed E-state index contributed by atoms with van der Waals surface area (Å²) >= 11 is 5.81. The number of imide groups is 1. The predicted molar refractivity (Wildman–Crippen MR) is 79.5 cm³/mol. The first-order valence-electron chi connectivity index (χ1n) is 6.47. The number of hydrogen-bond donors (Lipinski definition) is 3. The number of urea groups is 1. The monoisotopic (exact) mass is 312 g/mol. The number of halogens is 1. The Bertz CT molecular complexity index is 546. The zero-order valence-electron chi connectivity index (χ0n) is 11.6. The lowest BCUT2D eigenvalue weighted by Gasteiger charge is -2.09. The minimum absolute atomic E-state index is 0.0173. The molecule has 0 radical (unpaired) electrons. The number of anilines is 1. The van der Waals surface area contributed by atoms with E-state index in [1.165, 1.54) is 0 Å². The van der Waals surface area contributed by atoms with Crippen LogP contribution in [0.2, 0.25) is 5.02 Å². The second-order valence-corrected chi connectivity index (χ2v) is 5.00. The largest absolute Gasteiger partial charge is 0.481 e. The number of hydrogen-bond acceptors (Lipinski definition) is 3. The van der Waals surface area contributed by atoms with Crippen molar-refractivity contribution in [2.24, 2.45) is 0 Å². The zero-order chi connectivity index (χ0) is 15.8. The molecule has 1 aromatic rings. The van der Waals surface area contributed by atoms with E-state index < -0.39 is 17.9 Å². The van der Waals surface area contributed by atoms with E-state index in [0.717, 1.165) is 5.56 Å². The van der Waals surface area contributed by atoms with Crippen molar-refractivity contribution in [1.29, 1.82) is 0 Å². The number of benzene rings is 1. The molecule has 0 bridgehead atoms. The van der Waals surface area contributed by atoms with Gasteiger partial charge < -0.3 is 10.4 Å². The molecule has 0 aromatic heterocycles. The van der Waals surface area contributed by atoms with Crippen LogP contribution in [-0.2, 0) is 9.59 Å². The zero-order valence-corrected chi connectivity index (χ0v) is 12.4. The van der Waals surface area contributed by atoms with Gasteiger partial charge >= 0.3 is 12.0 Å². The van der Waals surface area contributed by atoms with E-state index in [0.29, 0.717) is 23.6 Å². The van der Waals surface area contributed by atoms with Gasteiger partial charge in [-0.15, -0.1) is 0 Å². The summed E-state index contributed by atoms with van der Waals surface area (Å²) in [5, 5.41) is 13.8. The number of carboxylic acid groups (broad SMARTS) is 1. The fraction of sp³-hybridized carbons (Fsp3) is 0.357. The van der Waals surface area contributed by atoms with E-state index in [1.54, 1.807) is 25.1 Å². The molecule has 0 spiro atoms. The third kappa shape index (κ3) is 6.76. The van der Waals surface area contributed by atoms with Crippen LogP contribution in [-0.4, -0.2) is 23.0 Å². The predicted octanol–water partition coefficient (Wildman–Crippen LogP) is 2.94. The summed E-state index contributed by atoms with van der Waals surface area (Å²) in [5.74, 6) is -1.34. The minimum Gasteiger partial charge on any atom is -0.481 e. The molecular weight excluding hydrogens is 296 g/mol. The Hall–Kier alpha value is -2.08. The van der Waals surface area contributed by atoms with Crippen molar-refractivity contribution in [3.05, 3.63) is 28.8 Å². The summed E-state index contributed by atoms with van der Waals surface area (Å²) in [4.78, 5) is 33.4. The maximum Gasteiger partial charge on any atom is 0.325 e. The average Bonchev–Trinajstić information content (AvgIpc) is 2.38. The van der Waals surface area contributed by atoms with Crippen molar-refractivity contribution < 1.29 is 19.5 Å². The normalized spacial score (nSPS) is 10.0. The maximum atomic E-state index is 11.6. The van der Waals surface area contributed by atoms with Crippen molar-refractivity contribution in [3.8, 4) is 0 Å². The first-order valence-corrected chi connectivity index (χ1v) is 6.85. The van der Waals surface area contributed by atoms with Crippen LogP contribution in [0, 0.1) is 6.92 Å². The summed E-state index contributed by atoms with van der Waals surface area (Å²) in [6.07, 6.45) is 0.954. The molecule has 114 valence electrons. The SMILES string of the molecule is Cc1cc(Cl)ccc1NC(=O)NC(=O)CCCCC(=O)O. The second kappa shape index (κ2) is 8.26. The Morgan fingerprint density at radius 2 is 1.86 bits per heavy atom. The highest BCUT2D eigenvalue weighted by Crippen LogP contribution is 2.19. The van der Waals surface area contributed by atoms with Gasteiger partial charge in [-0.3, -0.25) is 14.9 Å². The molecule has 0 heterocycles. The van der Waals surface area contributed by atoms with Gasteiger partial charge in [-0.2, -0.15) is 0 Å². The smallest absolute Gasteiger partial charge is 0.325 e. The van der Waals surface area contributed by atoms with Gasteiger partial charge in [-0.25, -0.2) is 4.79 Å². The molecule has 0 aliphatic carbocycles. The lowest BCUT2D eigenvalue weighted by atomic mass is 10.2. The van der Waals surface area contributed by atoms with Gasteiger partial charge in [0.2, 0.25) is 5.91 Å². The molecule has 7 heteroatoms. The third-order valence-corrected chi connectivity index (χ3v) is 2.97. The Balaban J connectivity index is 2.36. The molecule has 0 fully saturated rings. The van der Waals surface area contributed by atoms with Gasteiger partial charge in [0.1, 0.15) is 0 Å². The maximum absolute atomic E-state index is 11.6. The standard InChI is InChI=1S/C14H17ClN2O4/c1-9-8-10(15)6-7-11(9)16-14(21)17-12(18)4-2-3-5-13(19)20/h6-8H,2-5H2,1H3,(H,19,20)(H2,16,17,18,21). The fourth-order valence-corrected chi connectivity index (χ4v) is 1.90. The number of carbonyl (C=O) groups excluding carboxylic acids is 2. The number of aryl methyl sites for hydroxylation is 1. The van der Waals surface area contributed by atoms with Crippen LogP contribution in [0.1, 0.15) is 31.2 Å². The molecule has 3 N–H and O–H groups in total. The van der Waals surface area contributed by atoms with Crippen LogP contribution >= 0.6 is 11.6 Å². The van der Waals surface area contributed by atoms with E-state index in [1.807, 2.05) is 0 Å². The van der Waals surface area contributed by atoms with Crippen LogP contribution < -0.4 is 10.6 Å². The van der Waals surface area contributed by atoms with Gasteiger partial charge in [-0.1, -0.05) is 11.6 Å². The molecule has 0 saturated heterocycles. The molecule has 21 heavy (non-hydrogen) atoms. The summed E-state index contributed by atoms with van der Waals surface area (Å²) in [5.41, 5.74) is 1.35. The molecule has 1 rings (SSSR count). The van der Waals surface area contributed by atoms with Crippen molar-refractivity contribution >= 4 is 35.2 Å². The van der Waals surface area contributed by atoms with E-state index in [4.69, 9.17) is 16.7 Å². The molecule has 3 amide bonds. The van der Waals surface area contributed by atoms with E-state index >= 15 is 0 Å². The lowest BCUT2D eigenvalue weighted by Crippen LogP contribution is -2.34. The number of aliphatic carboxylic acids is 1. The van der Waals surface area contributed by atoms with E-state index in [9.17, 15) is 14.4 Å². The summed E-state index contributed by atoms with van der Waals surface area (Å²) in [7, 11) is 0. The van der Waals surface area contributed by atoms with Crippen molar-refractivity contribution in [2.75, 3.05) is 5.32 Å². The first-order chi connectivity index (χ1) is 9.88. The van der Waals surface area contributed by atoms with Crippen LogP contribution in [0.25, 0.3) is 0 Å². The Morgan fingerprint density at radius 1 is 1.19 bits per heavy atom. The van der Waals surface area contributed by atoms with Crippen LogP contribution in [0.5, 0.6) is 0 Å². The number of carbonyl (C=O) groups is 3. The lowest BCUT2D eigenvalue weighted by molar-refractivity contribution is -0.137. The first kappa shape index (κ1) is 17.0. The second-order valence-electron chi connectivity index (χ2n) is 4.56. The number of carboxylic acids is 1. The van der Waals surface area contributed by atoms with E-state index in [-0.39, 0.29) is 12.8 Å². The molecule has 1 aromatic carbocycles. The van der Waals surface area contributed by atoms with Crippen LogP contribution in [0.3, 0.4) is 0 Å². The number of rotatable bonds is 6. The van der Waals surface area contributed by atoms with Crippen molar-refractivity contribution in [2.45, 2.75) is 32.6 Å². The van der Waals surface area contributed by atoms with Gasteiger partial charge in [0.15, 0.2) is 0 Å². The van der Waals surface area contributed by atoms with Crippen molar-refractivity contribution in [1.82, 2.24) is 5.32 Å². The molecule has 6 nitrogen and oxygen atoms in total. The molecule has 0 saturated carbocycles. The Morgan fingerprint density at radius 3 is 2.48 bits per heavy atom. The summed E-state index contributed by atoms with van der Waals surface area (Å²) in [6.45, 7) is 1.79. The molecule has 0 unspecified atom stereocenters. The van der Waals surface area contributed by atoms with Gasteiger partial charge in [0, 0.05) is 23.6 Å². The average molecular weight is 313 g/mol. The third-order valence-electron chi connectivity index (χ3n) is 2.73. The van der Waals surface area contributed by atoms with Gasteiger partial charge in [0.05, 0.1) is 0 Å². The van der Waals surface area contributed by atoms with Gasteiger partial charge in [-0.05, 0) is 43.5 Å². The topological polar surface area (TPSA) is 95.5 Å². The Labute approximate surface area is 127 Å². The quantitative estimate of drug-likeness (QED) is 0.704. The fourth-order valence-electron chi connectivity index (χ4n) is 1.67. The molecule has 0 atom stereocenters. The highest BCUT2D eigenvalue weighted by atomic mass is 35.5. The highest BCUT2D eigenvalue weighted by Gasteiger charge is 2.09.